The molecule has 12 heteroatoms. The average molecular weight is 459 g/mol. The van der Waals surface area contributed by atoms with Gasteiger partial charge in [0.2, 0.25) is 0 Å². The molecule has 2 aliphatic rings. The SMILES string of the molecule is O=C(NCC1OCCc2cn(CC3CCOCC3)nc21)c1ccco1.O=C(O)C(F)(F)F. The van der Waals surface area contributed by atoms with Crippen molar-refractivity contribution >= 4 is 11.9 Å². The highest BCUT2D eigenvalue weighted by atomic mass is 19.4. The van der Waals surface area contributed by atoms with Gasteiger partial charge in [-0.3, -0.25) is 9.48 Å². The molecule has 0 radical (unpaired) electrons. The first-order chi connectivity index (χ1) is 15.2. The number of rotatable bonds is 5. The second-order valence-corrected chi connectivity index (χ2v) is 7.42. The van der Waals surface area contributed by atoms with Gasteiger partial charge in [0, 0.05) is 32.5 Å². The van der Waals surface area contributed by atoms with Gasteiger partial charge in [-0.05, 0) is 42.9 Å². The average Bonchev–Trinajstić information content (AvgIpc) is 3.42. The van der Waals surface area contributed by atoms with Crippen molar-refractivity contribution in [2.45, 2.75) is 38.1 Å². The zero-order chi connectivity index (χ0) is 23.1. The molecule has 0 spiro atoms. The molecule has 4 heterocycles. The Hall–Kier alpha value is -2.86. The Bertz CT molecular complexity index is 891. The molecular weight excluding hydrogens is 435 g/mol. The maximum Gasteiger partial charge on any atom is 0.490 e. The predicted octanol–water partition coefficient (Wildman–Crippen LogP) is 2.58. The van der Waals surface area contributed by atoms with Crippen LogP contribution in [0.2, 0.25) is 0 Å². The number of nitrogens with one attached hydrogen (secondary N) is 1. The molecule has 2 N–H and O–H groups in total. The Balaban J connectivity index is 0.000000360. The highest BCUT2D eigenvalue weighted by Crippen LogP contribution is 2.26. The van der Waals surface area contributed by atoms with Crippen molar-refractivity contribution in [3.05, 3.63) is 41.6 Å². The van der Waals surface area contributed by atoms with Crippen LogP contribution in [-0.4, -0.2) is 59.3 Å². The third kappa shape index (κ3) is 6.57. The Morgan fingerprint density at radius 2 is 1.97 bits per heavy atom. The molecule has 9 nitrogen and oxygen atoms in total. The quantitative estimate of drug-likeness (QED) is 0.706. The number of fused-ring (bicyclic) bond motifs is 1. The first kappa shape index (κ1) is 23.8. The fourth-order valence-corrected chi connectivity index (χ4v) is 3.45. The van der Waals surface area contributed by atoms with Crippen LogP contribution in [0.4, 0.5) is 13.2 Å². The van der Waals surface area contributed by atoms with Crippen molar-refractivity contribution in [1.82, 2.24) is 15.1 Å². The number of carbonyl (C=O) groups is 2. The number of carboxylic acid groups (broad SMARTS) is 1. The molecule has 1 fully saturated rings. The second-order valence-electron chi connectivity index (χ2n) is 7.42. The maximum absolute atomic E-state index is 12.0. The van der Waals surface area contributed by atoms with Crippen molar-refractivity contribution in [2.24, 2.45) is 5.92 Å². The Labute approximate surface area is 181 Å². The largest absolute Gasteiger partial charge is 0.490 e. The van der Waals surface area contributed by atoms with E-state index in [0.29, 0.717) is 24.8 Å². The summed E-state index contributed by atoms with van der Waals surface area (Å²) in [6.07, 6.45) is 1.37. The van der Waals surface area contributed by atoms with Gasteiger partial charge in [-0.2, -0.15) is 18.3 Å². The van der Waals surface area contributed by atoms with Gasteiger partial charge in [0.05, 0.1) is 18.6 Å². The standard InChI is InChI=1S/C18H23N3O4.C2HF3O2/c22-18(15-2-1-6-24-15)19-10-16-17-14(5-9-25-16)12-21(20-17)11-13-3-7-23-8-4-13;3-2(4,5)1(6)7/h1-2,6,12-13,16H,3-5,7-11H2,(H,19,22);(H,6,7). The highest BCUT2D eigenvalue weighted by Gasteiger charge is 2.38. The van der Waals surface area contributed by atoms with Crippen molar-refractivity contribution in [3.63, 3.8) is 0 Å². The second kappa shape index (κ2) is 10.6. The summed E-state index contributed by atoms with van der Waals surface area (Å²) < 4.78 is 50.1. The van der Waals surface area contributed by atoms with Crippen LogP contribution in [0.1, 0.15) is 40.8 Å². The lowest BCUT2D eigenvalue weighted by Gasteiger charge is -2.22. The molecule has 176 valence electrons. The van der Waals surface area contributed by atoms with Crippen molar-refractivity contribution in [3.8, 4) is 0 Å². The highest BCUT2D eigenvalue weighted by molar-refractivity contribution is 5.91. The van der Waals surface area contributed by atoms with Gasteiger partial charge in [-0.1, -0.05) is 0 Å². The molecule has 2 aromatic heterocycles. The Morgan fingerprint density at radius 1 is 1.25 bits per heavy atom. The number of hydrogen-bond donors (Lipinski definition) is 2. The zero-order valence-electron chi connectivity index (χ0n) is 17.1. The molecule has 0 aliphatic carbocycles. The number of carboxylic acids is 1. The van der Waals surface area contributed by atoms with Gasteiger partial charge in [0.25, 0.3) is 5.91 Å². The summed E-state index contributed by atoms with van der Waals surface area (Å²) in [5.41, 5.74) is 2.16. The molecule has 1 atom stereocenters. The lowest BCUT2D eigenvalue weighted by molar-refractivity contribution is -0.192. The molecule has 0 saturated carbocycles. The molecule has 2 aliphatic heterocycles. The minimum atomic E-state index is -5.08. The molecule has 1 amide bonds. The number of furan rings is 1. The van der Waals surface area contributed by atoms with Crippen LogP contribution in [0, 0.1) is 5.92 Å². The monoisotopic (exact) mass is 459 g/mol. The van der Waals surface area contributed by atoms with E-state index in [1.54, 1.807) is 12.1 Å². The third-order valence-electron chi connectivity index (χ3n) is 5.09. The van der Waals surface area contributed by atoms with Crippen LogP contribution in [0.15, 0.2) is 29.0 Å². The van der Waals surface area contributed by atoms with Crippen LogP contribution in [0.3, 0.4) is 0 Å². The molecule has 0 bridgehead atoms. The fraction of sp³-hybridized carbons (Fsp3) is 0.550. The minimum absolute atomic E-state index is 0.210. The number of nitrogens with zero attached hydrogens (tertiary/aromatic N) is 2. The van der Waals surface area contributed by atoms with Gasteiger partial charge in [-0.15, -0.1) is 0 Å². The van der Waals surface area contributed by atoms with E-state index in [1.165, 1.54) is 11.8 Å². The fourth-order valence-electron chi connectivity index (χ4n) is 3.45. The molecule has 1 saturated heterocycles. The maximum atomic E-state index is 12.0. The Morgan fingerprint density at radius 3 is 2.59 bits per heavy atom. The molecule has 1 unspecified atom stereocenters. The lowest BCUT2D eigenvalue weighted by atomic mass is 10.0. The summed E-state index contributed by atoms with van der Waals surface area (Å²) in [4.78, 5) is 20.9. The summed E-state index contributed by atoms with van der Waals surface area (Å²) in [6, 6.07) is 3.34. The Kier molecular flexibility index (Phi) is 7.91. The number of hydrogen-bond acceptors (Lipinski definition) is 6. The number of aromatic nitrogens is 2. The zero-order valence-corrected chi connectivity index (χ0v) is 17.1. The van der Waals surface area contributed by atoms with Gasteiger partial charge < -0.3 is 24.3 Å². The van der Waals surface area contributed by atoms with E-state index >= 15 is 0 Å². The van der Waals surface area contributed by atoms with E-state index in [4.69, 9.17) is 28.9 Å². The summed E-state index contributed by atoms with van der Waals surface area (Å²) in [5.74, 6) is -2.07. The first-order valence-corrected chi connectivity index (χ1v) is 10.1. The summed E-state index contributed by atoms with van der Waals surface area (Å²) in [5, 5.41) is 14.7. The van der Waals surface area contributed by atoms with E-state index in [-0.39, 0.29) is 12.0 Å². The summed E-state index contributed by atoms with van der Waals surface area (Å²) in [6.45, 7) is 3.65. The van der Waals surface area contributed by atoms with Gasteiger partial charge >= 0.3 is 12.1 Å². The molecule has 4 rings (SSSR count). The molecule has 0 aromatic carbocycles. The number of aliphatic carboxylic acids is 1. The van der Waals surface area contributed by atoms with Crippen LogP contribution in [0.25, 0.3) is 0 Å². The number of carbonyl (C=O) groups excluding carboxylic acids is 1. The predicted molar refractivity (Wildman–Crippen MR) is 103 cm³/mol. The van der Waals surface area contributed by atoms with E-state index in [9.17, 15) is 18.0 Å². The van der Waals surface area contributed by atoms with Crippen LogP contribution in [-0.2, 0) is 27.2 Å². The van der Waals surface area contributed by atoms with Gasteiger partial charge in [-0.25, -0.2) is 4.79 Å². The first-order valence-electron chi connectivity index (χ1n) is 10.1. The minimum Gasteiger partial charge on any atom is -0.475 e. The molecular formula is C20H24F3N3O6. The van der Waals surface area contributed by atoms with Gasteiger partial charge in [0.15, 0.2) is 5.76 Å². The normalized spacial score (nSPS) is 18.9. The summed E-state index contributed by atoms with van der Waals surface area (Å²) in [7, 11) is 0. The number of halogens is 3. The third-order valence-corrected chi connectivity index (χ3v) is 5.09. The number of alkyl halides is 3. The lowest BCUT2D eigenvalue weighted by Crippen LogP contribution is -2.31. The van der Waals surface area contributed by atoms with Crippen molar-refractivity contribution in [2.75, 3.05) is 26.4 Å². The van der Waals surface area contributed by atoms with Crippen LogP contribution in [0.5, 0.6) is 0 Å². The van der Waals surface area contributed by atoms with E-state index in [0.717, 1.165) is 44.7 Å². The van der Waals surface area contributed by atoms with E-state index in [1.807, 2.05) is 4.68 Å². The van der Waals surface area contributed by atoms with Gasteiger partial charge in [0.1, 0.15) is 6.10 Å². The van der Waals surface area contributed by atoms with Crippen molar-refractivity contribution < 1.29 is 41.8 Å². The van der Waals surface area contributed by atoms with Crippen LogP contribution >= 0.6 is 0 Å². The molecule has 2 aromatic rings. The van der Waals surface area contributed by atoms with E-state index in [2.05, 4.69) is 11.5 Å². The summed E-state index contributed by atoms with van der Waals surface area (Å²) >= 11 is 0. The van der Waals surface area contributed by atoms with Crippen molar-refractivity contribution in [1.29, 1.82) is 0 Å². The van der Waals surface area contributed by atoms with E-state index < -0.39 is 12.1 Å². The molecule has 32 heavy (non-hydrogen) atoms. The smallest absolute Gasteiger partial charge is 0.475 e. The number of amides is 1. The topological polar surface area (TPSA) is 116 Å². The number of ether oxygens (including phenoxy) is 2. The van der Waals surface area contributed by atoms with Crippen LogP contribution < -0.4 is 5.32 Å².